The van der Waals surface area contributed by atoms with Crippen LogP contribution in [0.2, 0.25) is 0 Å². The van der Waals surface area contributed by atoms with Crippen molar-refractivity contribution in [3.05, 3.63) is 29.8 Å². The molecule has 1 aromatic carbocycles. The molecule has 0 fully saturated rings. The molecule has 0 heterocycles. The van der Waals surface area contributed by atoms with Crippen LogP contribution >= 0.6 is 0 Å². The summed E-state index contributed by atoms with van der Waals surface area (Å²) < 4.78 is 4.83. The Morgan fingerprint density at radius 1 is 1.30 bits per heavy atom. The lowest BCUT2D eigenvalue weighted by Gasteiger charge is -2.11. The monoisotopic (exact) mass is 280 g/mol. The molecule has 110 valence electrons. The number of methoxy groups -OCH3 is 1. The van der Waals surface area contributed by atoms with E-state index >= 15 is 0 Å². The number of rotatable bonds is 7. The molecule has 0 aliphatic heterocycles. The highest BCUT2D eigenvalue weighted by atomic mass is 16.5. The van der Waals surface area contributed by atoms with Crippen molar-refractivity contribution in [1.29, 1.82) is 0 Å². The minimum absolute atomic E-state index is 0.0583. The van der Waals surface area contributed by atoms with Gasteiger partial charge in [0.05, 0.1) is 13.0 Å². The van der Waals surface area contributed by atoms with E-state index in [9.17, 15) is 9.59 Å². The maximum Gasteiger partial charge on any atom is 0.319 e. The van der Waals surface area contributed by atoms with E-state index in [0.29, 0.717) is 18.8 Å². The highest BCUT2D eigenvalue weighted by molar-refractivity contribution is 5.89. The number of amides is 2. The molecule has 20 heavy (non-hydrogen) atoms. The minimum Gasteiger partial charge on any atom is -0.481 e. The van der Waals surface area contributed by atoms with Gasteiger partial charge in [-0.15, -0.1) is 0 Å². The number of hydrogen-bond donors (Lipinski definition) is 3. The summed E-state index contributed by atoms with van der Waals surface area (Å²) in [6.07, 6.45) is 0.0876. The fourth-order valence-corrected chi connectivity index (χ4v) is 1.72. The second-order valence-electron chi connectivity index (χ2n) is 4.49. The van der Waals surface area contributed by atoms with Crippen molar-refractivity contribution in [3.8, 4) is 0 Å². The zero-order chi connectivity index (χ0) is 15.0. The molecule has 0 aliphatic rings. The molecule has 0 radical (unpaired) electrons. The number of carbonyl (C=O) groups excluding carboxylic acids is 1. The highest BCUT2D eigenvalue weighted by Crippen LogP contribution is 2.20. The molecule has 1 rings (SSSR count). The fraction of sp³-hybridized carbons (Fsp3) is 0.429. The van der Waals surface area contributed by atoms with Gasteiger partial charge in [-0.05, 0) is 23.6 Å². The zero-order valence-electron chi connectivity index (χ0n) is 11.7. The van der Waals surface area contributed by atoms with Crippen molar-refractivity contribution in [1.82, 2.24) is 5.32 Å². The first kappa shape index (κ1) is 16.0. The Labute approximate surface area is 118 Å². The van der Waals surface area contributed by atoms with E-state index < -0.39 is 5.97 Å². The normalized spacial score (nSPS) is 11.7. The third-order valence-corrected chi connectivity index (χ3v) is 2.81. The van der Waals surface area contributed by atoms with E-state index in [-0.39, 0.29) is 18.4 Å². The SMILES string of the molecule is COCCNC(=O)Nc1ccc(C(C)CC(=O)O)cc1. The van der Waals surface area contributed by atoms with Gasteiger partial charge in [-0.2, -0.15) is 0 Å². The van der Waals surface area contributed by atoms with Crippen molar-refractivity contribution in [2.75, 3.05) is 25.6 Å². The summed E-state index contributed by atoms with van der Waals surface area (Å²) in [6.45, 7) is 2.75. The van der Waals surface area contributed by atoms with Crippen LogP contribution in [-0.2, 0) is 9.53 Å². The van der Waals surface area contributed by atoms with E-state index in [4.69, 9.17) is 9.84 Å². The summed E-state index contributed by atoms with van der Waals surface area (Å²) in [4.78, 5) is 22.1. The average Bonchev–Trinajstić information content (AvgIpc) is 2.39. The van der Waals surface area contributed by atoms with Gasteiger partial charge >= 0.3 is 12.0 Å². The van der Waals surface area contributed by atoms with Crippen LogP contribution in [0.5, 0.6) is 0 Å². The topological polar surface area (TPSA) is 87.7 Å². The Hall–Kier alpha value is -2.08. The van der Waals surface area contributed by atoms with Crippen molar-refractivity contribution < 1.29 is 19.4 Å². The largest absolute Gasteiger partial charge is 0.481 e. The third-order valence-electron chi connectivity index (χ3n) is 2.81. The number of ether oxygens (including phenoxy) is 1. The second kappa shape index (κ2) is 8.16. The van der Waals surface area contributed by atoms with Crippen LogP contribution in [0.4, 0.5) is 10.5 Å². The van der Waals surface area contributed by atoms with Gasteiger partial charge in [-0.3, -0.25) is 4.79 Å². The van der Waals surface area contributed by atoms with Crippen molar-refractivity contribution in [2.45, 2.75) is 19.3 Å². The smallest absolute Gasteiger partial charge is 0.319 e. The number of carboxylic acids is 1. The molecule has 0 spiro atoms. The molecule has 1 aromatic rings. The molecule has 0 aromatic heterocycles. The maximum absolute atomic E-state index is 11.5. The molecule has 0 saturated heterocycles. The van der Waals surface area contributed by atoms with E-state index in [2.05, 4.69) is 10.6 Å². The van der Waals surface area contributed by atoms with Crippen molar-refractivity contribution >= 4 is 17.7 Å². The van der Waals surface area contributed by atoms with E-state index in [1.807, 2.05) is 19.1 Å². The molecule has 0 bridgehead atoms. The lowest BCUT2D eigenvalue weighted by atomic mass is 9.98. The first-order chi connectivity index (χ1) is 9.52. The number of nitrogens with one attached hydrogen (secondary N) is 2. The Kier molecular flexibility index (Phi) is 6.52. The van der Waals surface area contributed by atoms with Crippen LogP contribution in [-0.4, -0.2) is 37.4 Å². The molecule has 6 heteroatoms. The first-order valence-corrected chi connectivity index (χ1v) is 6.38. The van der Waals surface area contributed by atoms with E-state index in [1.165, 1.54) is 0 Å². The van der Waals surface area contributed by atoms with Crippen LogP contribution in [0.3, 0.4) is 0 Å². The summed E-state index contributed by atoms with van der Waals surface area (Å²) in [5.74, 6) is -0.880. The zero-order valence-corrected chi connectivity index (χ0v) is 11.7. The average molecular weight is 280 g/mol. The molecule has 3 N–H and O–H groups in total. The predicted molar refractivity (Wildman–Crippen MR) is 76.0 cm³/mol. The standard InChI is InChI=1S/C14H20N2O4/c1-10(9-13(17)18)11-3-5-12(6-4-11)16-14(19)15-7-8-20-2/h3-6,10H,7-9H2,1-2H3,(H,17,18)(H2,15,16,19). The maximum atomic E-state index is 11.5. The fourth-order valence-electron chi connectivity index (χ4n) is 1.72. The van der Waals surface area contributed by atoms with Gasteiger partial charge in [-0.1, -0.05) is 19.1 Å². The molecule has 0 aliphatic carbocycles. The number of anilines is 1. The van der Waals surface area contributed by atoms with Crippen LogP contribution < -0.4 is 10.6 Å². The van der Waals surface area contributed by atoms with Crippen LogP contribution in [0, 0.1) is 0 Å². The summed E-state index contributed by atoms with van der Waals surface area (Å²) >= 11 is 0. The van der Waals surface area contributed by atoms with Gasteiger partial charge in [0.25, 0.3) is 0 Å². The third kappa shape index (κ3) is 5.71. The summed E-state index contributed by atoms with van der Waals surface area (Å²) in [5.41, 5.74) is 1.59. The van der Waals surface area contributed by atoms with Gasteiger partial charge in [0.2, 0.25) is 0 Å². The van der Waals surface area contributed by atoms with Crippen molar-refractivity contribution in [3.63, 3.8) is 0 Å². The lowest BCUT2D eigenvalue weighted by molar-refractivity contribution is -0.137. The lowest BCUT2D eigenvalue weighted by Crippen LogP contribution is -2.31. The first-order valence-electron chi connectivity index (χ1n) is 6.38. The number of carboxylic acid groups (broad SMARTS) is 1. The molecule has 1 atom stereocenters. The Morgan fingerprint density at radius 3 is 2.50 bits per heavy atom. The number of benzene rings is 1. The molecular weight excluding hydrogens is 260 g/mol. The van der Waals surface area contributed by atoms with Crippen LogP contribution in [0.1, 0.15) is 24.8 Å². The molecule has 1 unspecified atom stereocenters. The summed E-state index contributed by atoms with van der Waals surface area (Å²) in [7, 11) is 1.57. The number of hydrogen-bond acceptors (Lipinski definition) is 3. The van der Waals surface area contributed by atoms with Crippen molar-refractivity contribution in [2.24, 2.45) is 0 Å². The van der Waals surface area contributed by atoms with Crippen LogP contribution in [0.15, 0.2) is 24.3 Å². The molecule has 2 amide bonds. The number of carbonyl (C=O) groups is 2. The minimum atomic E-state index is -0.822. The summed E-state index contributed by atoms with van der Waals surface area (Å²) in [5, 5.41) is 14.1. The molecule has 0 saturated carbocycles. The number of urea groups is 1. The van der Waals surface area contributed by atoms with Gasteiger partial charge in [0.1, 0.15) is 0 Å². The van der Waals surface area contributed by atoms with Gasteiger partial charge in [-0.25, -0.2) is 4.79 Å². The Morgan fingerprint density at radius 2 is 1.95 bits per heavy atom. The van der Waals surface area contributed by atoms with Gasteiger partial charge in [0.15, 0.2) is 0 Å². The van der Waals surface area contributed by atoms with Gasteiger partial charge < -0.3 is 20.5 Å². The molecule has 6 nitrogen and oxygen atoms in total. The van der Waals surface area contributed by atoms with Gasteiger partial charge in [0, 0.05) is 19.3 Å². The van der Waals surface area contributed by atoms with Crippen LogP contribution in [0.25, 0.3) is 0 Å². The second-order valence-corrected chi connectivity index (χ2v) is 4.49. The molecular formula is C14H20N2O4. The number of aliphatic carboxylic acids is 1. The predicted octanol–water partition coefficient (Wildman–Crippen LogP) is 2.03. The Balaban J connectivity index is 2.49. The quantitative estimate of drug-likeness (QED) is 0.667. The van der Waals surface area contributed by atoms with E-state index in [0.717, 1.165) is 5.56 Å². The highest BCUT2D eigenvalue weighted by Gasteiger charge is 2.10. The van der Waals surface area contributed by atoms with E-state index in [1.54, 1.807) is 19.2 Å². The Bertz CT molecular complexity index is 445. The summed E-state index contributed by atoms with van der Waals surface area (Å²) in [6, 6.07) is 6.84.